The normalized spacial score (nSPS) is 10.8. The number of carbonyl (C=O) groups excluding carboxylic acids is 1. The lowest BCUT2D eigenvalue weighted by atomic mass is 10.2. The molecule has 0 radical (unpaired) electrons. The van der Waals surface area contributed by atoms with Crippen LogP contribution in [0.25, 0.3) is 0 Å². The number of hydrogen-bond donors (Lipinski definition) is 3. The van der Waals surface area contributed by atoms with E-state index >= 15 is 0 Å². The van der Waals surface area contributed by atoms with Crippen LogP contribution in [0.5, 0.6) is 11.5 Å². The van der Waals surface area contributed by atoms with Crippen LogP contribution in [0.1, 0.15) is 18.1 Å². The van der Waals surface area contributed by atoms with Gasteiger partial charge in [-0.25, -0.2) is 5.43 Å². The molecule has 6 nitrogen and oxygen atoms in total. The third kappa shape index (κ3) is 5.28. The number of rotatable bonds is 7. The van der Waals surface area contributed by atoms with E-state index in [0.29, 0.717) is 6.61 Å². The third-order valence-electron chi connectivity index (χ3n) is 3.38. The second kappa shape index (κ2) is 9.31. The maximum absolute atomic E-state index is 11.8. The summed E-state index contributed by atoms with van der Waals surface area (Å²) in [7, 11) is 0. The molecule has 0 fully saturated rings. The number of phenolic OH excluding ortho intramolecular Hbond substituents is 1. The number of hydrazone groups is 1. The molecule has 0 bridgehead atoms. The molecular formula is C18H19Cl2N3O3. The smallest absolute Gasteiger partial charge is 0.259 e. The van der Waals surface area contributed by atoms with Crippen LogP contribution < -0.4 is 15.5 Å². The van der Waals surface area contributed by atoms with Crippen LogP contribution in [0.3, 0.4) is 0 Å². The fourth-order valence-electron chi connectivity index (χ4n) is 2.06. The van der Waals surface area contributed by atoms with Gasteiger partial charge < -0.3 is 15.2 Å². The number of hydrogen-bond acceptors (Lipinski definition) is 5. The quantitative estimate of drug-likeness (QED) is 0.489. The zero-order valence-electron chi connectivity index (χ0n) is 14.3. The Morgan fingerprint density at radius 1 is 1.31 bits per heavy atom. The lowest BCUT2D eigenvalue weighted by Gasteiger charge is -2.11. The summed E-state index contributed by atoms with van der Waals surface area (Å²) in [6.07, 6.45) is 1.22. The van der Waals surface area contributed by atoms with Crippen molar-refractivity contribution in [3.63, 3.8) is 0 Å². The van der Waals surface area contributed by atoms with Gasteiger partial charge in [0.2, 0.25) is 0 Å². The van der Waals surface area contributed by atoms with Crippen LogP contribution in [-0.2, 0) is 4.79 Å². The van der Waals surface area contributed by atoms with Gasteiger partial charge in [0.25, 0.3) is 5.91 Å². The molecule has 0 heterocycles. The first kappa shape index (κ1) is 19.9. The van der Waals surface area contributed by atoms with Crippen LogP contribution in [-0.4, -0.2) is 30.4 Å². The molecule has 0 unspecified atom stereocenters. The van der Waals surface area contributed by atoms with E-state index in [2.05, 4.69) is 15.8 Å². The molecule has 0 saturated heterocycles. The van der Waals surface area contributed by atoms with Gasteiger partial charge in [0.1, 0.15) is 0 Å². The van der Waals surface area contributed by atoms with Gasteiger partial charge in [0, 0.05) is 11.8 Å². The van der Waals surface area contributed by atoms with E-state index in [1.54, 1.807) is 6.92 Å². The summed E-state index contributed by atoms with van der Waals surface area (Å²) in [6, 6.07) is 9.07. The highest BCUT2D eigenvalue weighted by atomic mass is 35.5. The van der Waals surface area contributed by atoms with E-state index < -0.39 is 0 Å². The number of carbonyl (C=O) groups is 1. The van der Waals surface area contributed by atoms with Gasteiger partial charge >= 0.3 is 0 Å². The van der Waals surface area contributed by atoms with E-state index in [0.717, 1.165) is 11.3 Å². The van der Waals surface area contributed by atoms with Crippen LogP contribution in [0.4, 0.5) is 5.69 Å². The predicted octanol–water partition coefficient (Wildman–Crippen LogP) is 3.97. The Bertz CT molecular complexity index is 808. The summed E-state index contributed by atoms with van der Waals surface area (Å²) in [5, 5.41) is 17.3. The first-order chi connectivity index (χ1) is 12.4. The molecular weight excluding hydrogens is 377 g/mol. The van der Waals surface area contributed by atoms with Crippen molar-refractivity contribution in [1.82, 2.24) is 5.43 Å². The van der Waals surface area contributed by atoms with Gasteiger partial charge in [-0.3, -0.25) is 4.79 Å². The number of amides is 1. The van der Waals surface area contributed by atoms with E-state index in [1.165, 1.54) is 12.3 Å². The molecule has 0 aliphatic carbocycles. The Kier molecular flexibility index (Phi) is 7.12. The molecule has 2 rings (SSSR count). The largest absolute Gasteiger partial charge is 0.504 e. The van der Waals surface area contributed by atoms with Crippen molar-refractivity contribution >= 4 is 41.0 Å². The summed E-state index contributed by atoms with van der Waals surface area (Å²) < 4.78 is 5.28. The number of phenols is 1. The van der Waals surface area contributed by atoms with E-state index in [4.69, 9.17) is 27.9 Å². The summed E-state index contributed by atoms with van der Waals surface area (Å²) >= 11 is 12.1. The predicted molar refractivity (Wildman–Crippen MR) is 105 cm³/mol. The molecule has 8 heteroatoms. The van der Waals surface area contributed by atoms with E-state index in [-0.39, 0.29) is 39.6 Å². The Morgan fingerprint density at radius 3 is 2.65 bits per heavy atom. The van der Waals surface area contributed by atoms with Crippen molar-refractivity contribution in [2.24, 2.45) is 5.10 Å². The Balaban J connectivity index is 1.99. The molecule has 0 aliphatic rings. The molecule has 0 aromatic heterocycles. The summed E-state index contributed by atoms with van der Waals surface area (Å²) in [5.41, 5.74) is 4.47. The monoisotopic (exact) mass is 395 g/mol. The SMILES string of the molecule is CCOc1cc(Cl)c(Cl)c(/C=N\NC(=O)CNc2ccc(C)cc2)c1O. The molecule has 1 amide bonds. The van der Waals surface area contributed by atoms with Crippen molar-refractivity contribution in [3.05, 3.63) is 51.5 Å². The zero-order valence-corrected chi connectivity index (χ0v) is 15.9. The fourth-order valence-corrected chi connectivity index (χ4v) is 2.45. The standard InChI is InChI=1S/C18H19Cl2N3O3/c1-3-26-15-8-14(19)17(20)13(18(15)25)9-22-23-16(24)10-21-12-6-4-11(2)5-7-12/h4-9,21,25H,3,10H2,1-2H3,(H,23,24)/b22-9-. The second-order valence-electron chi connectivity index (χ2n) is 5.38. The maximum atomic E-state index is 11.8. The number of anilines is 1. The topological polar surface area (TPSA) is 83.0 Å². The second-order valence-corrected chi connectivity index (χ2v) is 6.16. The van der Waals surface area contributed by atoms with Gasteiger partial charge in [0.05, 0.1) is 35.0 Å². The van der Waals surface area contributed by atoms with Gasteiger partial charge in [-0.05, 0) is 26.0 Å². The number of aromatic hydroxyl groups is 1. The minimum atomic E-state index is -0.357. The van der Waals surface area contributed by atoms with Crippen LogP contribution in [0.2, 0.25) is 10.0 Å². The van der Waals surface area contributed by atoms with Gasteiger partial charge in [-0.1, -0.05) is 40.9 Å². The molecule has 0 atom stereocenters. The fraction of sp³-hybridized carbons (Fsp3) is 0.222. The number of benzene rings is 2. The van der Waals surface area contributed by atoms with Crippen molar-refractivity contribution in [2.45, 2.75) is 13.8 Å². The Hall–Kier alpha value is -2.44. The van der Waals surface area contributed by atoms with E-state index in [1.807, 2.05) is 31.2 Å². The zero-order chi connectivity index (χ0) is 19.1. The Labute approximate surface area is 161 Å². The van der Waals surface area contributed by atoms with Crippen LogP contribution in [0.15, 0.2) is 35.4 Å². The average Bonchev–Trinajstić information content (AvgIpc) is 2.62. The maximum Gasteiger partial charge on any atom is 0.259 e. The molecule has 2 aromatic rings. The van der Waals surface area contributed by atoms with Gasteiger partial charge in [-0.2, -0.15) is 5.10 Å². The third-order valence-corrected chi connectivity index (χ3v) is 4.18. The highest BCUT2D eigenvalue weighted by Crippen LogP contribution is 2.39. The minimum absolute atomic E-state index is 0.0415. The first-order valence-corrected chi connectivity index (χ1v) is 8.64. The van der Waals surface area contributed by atoms with Crippen LogP contribution >= 0.6 is 23.2 Å². The summed E-state index contributed by atoms with van der Waals surface area (Å²) in [4.78, 5) is 11.8. The number of nitrogens with zero attached hydrogens (tertiary/aromatic N) is 1. The molecule has 3 N–H and O–H groups in total. The minimum Gasteiger partial charge on any atom is -0.504 e. The lowest BCUT2D eigenvalue weighted by molar-refractivity contribution is -0.119. The van der Waals surface area contributed by atoms with Gasteiger partial charge in [-0.15, -0.1) is 0 Å². The number of aryl methyl sites for hydroxylation is 1. The number of ether oxygens (including phenoxy) is 1. The molecule has 138 valence electrons. The van der Waals surface area contributed by atoms with E-state index in [9.17, 15) is 9.90 Å². The summed E-state index contributed by atoms with van der Waals surface area (Å²) in [5.74, 6) is -0.364. The highest BCUT2D eigenvalue weighted by molar-refractivity contribution is 6.43. The Morgan fingerprint density at radius 2 is 2.00 bits per heavy atom. The molecule has 0 aliphatic heterocycles. The van der Waals surface area contributed by atoms with Crippen molar-refractivity contribution in [2.75, 3.05) is 18.5 Å². The van der Waals surface area contributed by atoms with Gasteiger partial charge in [0.15, 0.2) is 11.5 Å². The number of nitrogens with one attached hydrogen (secondary N) is 2. The molecule has 2 aromatic carbocycles. The molecule has 0 spiro atoms. The molecule has 0 saturated carbocycles. The van der Waals surface area contributed by atoms with Crippen molar-refractivity contribution in [1.29, 1.82) is 0 Å². The van der Waals surface area contributed by atoms with Crippen molar-refractivity contribution in [3.8, 4) is 11.5 Å². The lowest BCUT2D eigenvalue weighted by Crippen LogP contribution is -2.25. The highest BCUT2D eigenvalue weighted by Gasteiger charge is 2.15. The average molecular weight is 396 g/mol. The summed E-state index contributed by atoms with van der Waals surface area (Å²) in [6.45, 7) is 4.15. The van der Waals surface area contributed by atoms with Crippen LogP contribution in [0, 0.1) is 6.92 Å². The number of halogens is 2. The first-order valence-electron chi connectivity index (χ1n) is 7.88. The van der Waals surface area contributed by atoms with Crippen molar-refractivity contribution < 1.29 is 14.6 Å². The molecule has 26 heavy (non-hydrogen) atoms.